The Kier molecular flexibility index (Phi) is 2.87. The normalized spacial score (nSPS) is 36.1. The van der Waals surface area contributed by atoms with Gasteiger partial charge in [0, 0.05) is 5.92 Å². The largest absolute Gasteiger partial charge is 0.396 e. The second-order valence-corrected chi connectivity index (χ2v) is 4.09. The highest BCUT2D eigenvalue weighted by atomic mass is 79.9. The van der Waals surface area contributed by atoms with Crippen molar-refractivity contribution in [2.45, 2.75) is 4.32 Å². The molecule has 1 rings (SSSR count). The molecule has 0 aromatic heterocycles. The van der Waals surface area contributed by atoms with Gasteiger partial charge in [0.15, 0.2) is 0 Å². The van der Waals surface area contributed by atoms with Crippen LogP contribution in [0.4, 0.5) is 0 Å². The molecule has 0 saturated heterocycles. The fourth-order valence-corrected chi connectivity index (χ4v) is 1.53. The lowest BCUT2D eigenvalue weighted by atomic mass is 9.89. The zero-order chi connectivity index (χ0) is 8.32. The minimum atomic E-state index is -0.462. The molecular formula is C8H11BrO2. The molecule has 0 spiro atoms. The third-order valence-electron chi connectivity index (χ3n) is 1.88. The monoisotopic (exact) mass is 218 g/mol. The fraction of sp³-hybridized carbons (Fsp3) is 0.500. The van der Waals surface area contributed by atoms with Crippen LogP contribution in [0.5, 0.6) is 0 Å². The van der Waals surface area contributed by atoms with Gasteiger partial charge in [0.05, 0.1) is 17.5 Å². The summed E-state index contributed by atoms with van der Waals surface area (Å²) in [7, 11) is 0. The van der Waals surface area contributed by atoms with Crippen molar-refractivity contribution < 1.29 is 10.2 Å². The summed E-state index contributed by atoms with van der Waals surface area (Å²) in [6.07, 6.45) is 7.46. The maximum atomic E-state index is 9.01. The van der Waals surface area contributed by atoms with Crippen LogP contribution in [-0.4, -0.2) is 27.8 Å². The van der Waals surface area contributed by atoms with Gasteiger partial charge in [0.2, 0.25) is 0 Å². The molecule has 2 unspecified atom stereocenters. The summed E-state index contributed by atoms with van der Waals surface area (Å²) in [6.45, 7) is 0.0473. The zero-order valence-electron chi connectivity index (χ0n) is 6.07. The second-order valence-electron chi connectivity index (χ2n) is 2.62. The summed E-state index contributed by atoms with van der Waals surface area (Å²) in [4.78, 5) is 0. The molecule has 0 aliphatic heterocycles. The fourth-order valence-electron chi connectivity index (χ4n) is 1.08. The van der Waals surface area contributed by atoms with E-state index in [-0.39, 0.29) is 19.1 Å². The first kappa shape index (κ1) is 8.97. The maximum absolute atomic E-state index is 9.01. The Balaban J connectivity index is 2.77. The second kappa shape index (κ2) is 3.52. The summed E-state index contributed by atoms with van der Waals surface area (Å²) < 4.78 is -0.462. The highest BCUT2D eigenvalue weighted by Crippen LogP contribution is 2.32. The first-order valence-corrected chi connectivity index (χ1v) is 4.29. The van der Waals surface area contributed by atoms with Gasteiger partial charge < -0.3 is 10.2 Å². The topological polar surface area (TPSA) is 40.5 Å². The first-order valence-electron chi connectivity index (χ1n) is 3.49. The quantitative estimate of drug-likeness (QED) is 0.676. The van der Waals surface area contributed by atoms with Crippen molar-refractivity contribution in [1.82, 2.24) is 0 Å². The minimum Gasteiger partial charge on any atom is -0.396 e. The summed E-state index contributed by atoms with van der Waals surface area (Å²) in [5, 5.41) is 17.9. The van der Waals surface area contributed by atoms with E-state index < -0.39 is 4.32 Å². The highest BCUT2D eigenvalue weighted by molar-refractivity contribution is 9.10. The SMILES string of the molecule is OCC1C=CC=CC1(Br)CO. The molecule has 0 saturated carbocycles. The molecule has 0 fully saturated rings. The number of rotatable bonds is 2. The van der Waals surface area contributed by atoms with Gasteiger partial charge in [0.1, 0.15) is 0 Å². The average Bonchev–Trinajstić information content (AvgIpc) is 2.05. The number of allylic oxidation sites excluding steroid dienone is 2. The van der Waals surface area contributed by atoms with E-state index in [0.29, 0.717) is 0 Å². The van der Waals surface area contributed by atoms with Crippen molar-refractivity contribution in [3.63, 3.8) is 0 Å². The Labute approximate surface area is 74.4 Å². The van der Waals surface area contributed by atoms with Crippen LogP contribution in [0.15, 0.2) is 24.3 Å². The van der Waals surface area contributed by atoms with Crippen LogP contribution < -0.4 is 0 Å². The number of hydrogen-bond acceptors (Lipinski definition) is 2. The van der Waals surface area contributed by atoms with Crippen LogP contribution in [0.2, 0.25) is 0 Å². The van der Waals surface area contributed by atoms with Gasteiger partial charge in [-0.05, 0) is 0 Å². The van der Waals surface area contributed by atoms with E-state index >= 15 is 0 Å². The molecule has 0 radical (unpaired) electrons. The molecule has 0 amide bonds. The Morgan fingerprint density at radius 1 is 1.36 bits per heavy atom. The third-order valence-corrected chi connectivity index (χ3v) is 2.99. The van der Waals surface area contributed by atoms with Crippen LogP contribution in [0.1, 0.15) is 0 Å². The standard InChI is InChI=1S/C8H11BrO2/c9-8(6-11)4-2-1-3-7(8)5-10/h1-4,7,10-11H,5-6H2. The zero-order valence-corrected chi connectivity index (χ0v) is 7.66. The van der Waals surface area contributed by atoms with Crippen molar-refractivity contribution in [2.75, 3.05) is 13.2 Å². The van der Waals surface area contributed by atoms with Crippen molar-refractivity contribution in [1.29, 1.82) is 0 Å². The summed E-state index contributed by atoms with van der Waals surface area (Å²) >= 11 is 3.37. The van der Waals surface area contributed by atoms with E-state index in [9.17, 15) is 0 Å². The van der Waals surface area contributed by atoms with E-state index in [4.69, 9.17) is 10.2 Å². The Morgan fingerprint density at radius 3 is 2.55 bits per heavy atom. The number of aliphatic hydroxyl groups excluding tert-OH is 2. The van der Waals surface area contributed by atoms with Crippen LogP contribution in [0.3, 0.4) is 0 Å². The predicted octanol–water partition coefficient (Wildman–Crippen LogP) is 0.847. The van der Waals surface area contributed by atoms with Crippen molar-refractivity contribution in [3.05, 3.63) is 24.3 Å². The Bertz CT molecular complexity index is 189. The molecule has 1 aliphatic carbocycles. The molecule has 62 valence electrons. The number of aliphatic hydroxyl groups is 2. The van der Waals surface area contributed by atoms with E-state index in [1.54, 1.807) is 0 Å². The third kappa shape index (κ3) is 1.72. The first-order chi connectivity index (χ1) is 5.23. The molecule has 3 heteroatoms. The van der Waals surface area contributed by atoms with Crippen LogP contribution in [0.25, 0.3) is 0 Å². The lowest BCUT2D eigenvalue weighted by Gasteiger charge is -2.29. The Morgan fingerprint density at radius 2 is 2.09 bits per heavy atom. The average molecular weight is 219 g/mol. The molecular weight excluding hydrogens is 208 g/mol. The van der Waals surface area contributed by atoms with Gasteiger partial charge in [-0.15, -0.1) is 0 Å². The molecule has 1 aliphatic rings. The lowest BCUT2D eigenvalue weighted by Crippen LogP contribution is -2.35. The minimum absolute atomic E-state index is 0.000926. The molecule has 2 N–H and O–H groups in total. The summed E-state index contributed by atoms with van der Waals surface area (Å²) in [6, 6.07) is 0. The molecule has 0 bridgehead atoms. The summed E-state index contributed by atoms with van der Waals surface area (Å²) in [5.41, 5.74) is 0. The number of alkyl halides is 1. The van der Waals surface area contributed by atoms with Crippen molar-refractivity contribution in [3.8, 4) is 0 Å². The van der Waals surface area contributed by atoms with Gasteiger partial charge in [-0.3, -0.25) is 0 Å². The maximum Gasteiger partial charge on any atom is 0.0754 e. The van der Waals surface area contributed by atoms with Crippen LogP contribution in [-0.2, 0) is 0 Å². The van der Waals surface area contributed by atoms with E-state index in [1.807, 2.05) is 24.3 Å². The number of halogens is 1. The predicted molar refractivity (Wildman–Crippen MR) is 47.6 cm³/mol. The molecule has 11 heavy (non-hydrogen) atoms. The van der Waals surface area contributed by atoms with Crippen molar-refractivity contribution >= 4 is 15.9 Å². The van der Waals surface area contributed by atoms with Gasteiger partial charge in [0.25, 0.3) is 0 Å². The molecule has 0 heterocycles. The van der Waals surface area contributed by atoms with Gasteiger partial charge in [-0.2, -0.15) is 0 Å². The molecule has 0 aromatic carbocycles. The van der Waals surface area contributed by atoms with E-state index in [0.717, 1.165) is 0 Å². The van der Waals surface area contributed by atoms with Crippen LogP contribution in [0, 0.1) is 5.92 Å². The van der Waals surface area contributed by atoms with E-state index in [2.05, 4.69) is 15.9 Å². The Hall–Kier alpha value is -0.120. The van der Waals surface area contributed by atoms with Gasteiger partial charge in [-0.25, -0.2) is 0 Å². The molecule has 2 atom stereocenters. The highest BCUT2D eigenvalue weighted by Gasteiger charge is 2.32. The van der Waals surface area contributed by atoms with Crippen molar-refractivity contribution in [2.24, 2.45) is 5.92 Å². The smallest absolute Gasteiger partial charge is 0.0754 e. The lowest BCUT2D eigenvalue weighted by molar-refractivity contribution is 0.189. The van der Waals surface area contributed by atoms with Gasteiger partial charge in [-0.1, -0.05) is 40.2 Å². The molecule has 2 nitrogen and oxygen atoms in total. The van der Waals surface area contributed by atoms with Gasteiger partial charge >= 0.3 is 0 Å². The number of hydrogen-bond donors (Lipinski definition) is 2. The van der Waals surface area contributed by atoms with Crippen LogP contribution >= 0.6 is 15.9 Å². The molecule has 0 aromatic rings. The summed E-state index contributed by atoms with van der Waals surface area (Å²) in [5.74, 6) is -0.0301. The van der Waals surface area contributed by atoms with E-state index in [1.165, 1.54) is 0 Å².